The Balaban J connectivity index is 1.56. The van der Waals surface area contributed by atoms with Crippen molar-refractivity contribution in [1.29, 1.82) is 0 Å². The molecular formula is C20H37N3O. The molecule has 3 rings (SSSR count). The minimum atomic E-state index is 0.206. The number of nitrogens with zero attached hydrogens (tertiary/aromatic N) is 2. The summed E-state index contributed by atoms with van der Waals surface area (Å²) in [4.78, 5) is 7.09. The molecule has 0 bridgehead atoms. The molecule has 2 unspecified atom stereocenters. The smallest absolute Gasteiger partial charge is 0.193 e. The van der Waals surface area contributed by atoms with Crippen LogP contribution in [-0.2, 0) is 4.74 Å². The molecule has 24 heavy (non-hydrogen) atoms. The van der Waals surface area contributed by atoms with Crippen molar-refractivity contribution in [3.05, 3.63) is 0 Å². The summed E-state index contributed by atoms with van der Waals surface area (Å²) < 4.78 is 6.13. The molecule has 4 heteroatoms. The van der Waals surface area contributed by atoms with Crippen LogP contribution in [0.1, 0.15) is 65.7 Å². The van der Waals surface area contributed by atoms with Crippen LogP contribution >= 0.6 is 0 Å². The van der Waals surface area contributed by atoms with E-state index in [0.29, 0.717) is 17.4 Å². The largest absolute Gasteiger partial charge is 0.377 e. The molecule has 0 aromatic carbocycles. The molecule has 2 atom stereocenters. The van der Waals surface area contributed by atoms with Crippen LogP contribution in [0.15, 0.2) is 4.99 Å². The van der Waals surface area contributed by atoms with E-state index in [-0.39, 0.29) is 5.41 Å². The van der Waals surface area contributed by atoms with Crippen molar-refractivity contribution in [2.45, 2.75) is 71.8 Å². The van der Waals surface area contributed by atoms with Crippen LogP contribution in [0.2, 0.25) is 0 Å². The Bertz CT molecular complexity index is 448. The van der Waals surface area contributed by atoms with Gasteiger partial charge in [-0.05, 0) is 42.9 Å². The van der Waals surface area contributed by atoms with Gasteiger partial charge in [-0.25, -0.2) is 0 Å². The number of ether oxygens (including phenoxy) is 1. The van der Waals surface area contributed by atoms with E-state index in [1.54, 1.807) is 0 Å². The Kier molecular flexibility index (Phi) is 5.43. The van der Waals surface area contributed by atoms with Crippen LogP contribution in [0.25, 0.3) is 0 Å². The monoisotopic (exact) mass is 335 g/mol. The highest BCUT2D eigenvalue weighted by molar-refractivity contribution is 5.80. The highest BCUT2D eigenvalue weighted by atomic mass is 16.5. The lowest BCUT2D eigenvalue weighted by Crippen LogP contribution is -2.48. The Morgan fingerprint density at radius 1 is 1.21 bits per heavy atom. The topological polar surface area (TPSA) is 36.9 Å². The lowest BCUT2D eigenvalue weighted by atomic mass is 9.78. The molecule has 2 saturated heterocycles. The minimum Gasteiger partial charge on any atom is -0.377 e. The molecule has 4 nitrogen and oxygen atoms in total. The van der Waals surface area contributed by atoms with E-state index in [2.05, 4.69) is 36.0 Å². The molecule has 1 N–H and O–H groups in total. The minimum absolute atomic E-state index is 0.206. The van der Waals surface area contributed by atoms with E-state index in [1.165, 1.54) is 58.0 Å². The molecule has 3 aliphatic rings. The van der Waals surface area contributed by atoms with Crippen LogP contribution in [0.5, 0.6) is 0 Å². The van der Waals surface area contributed by atoms with Crippen LogP contribution in [-0.4, -0.2) is 50.3 Å². The molecule has 2 heterocycles. The maximum atomic E-state index is 6.13. The fraction of sp³-hybridized carbons (Fsp3) is 0.950. The zero-order valence-corrected chi connectivity index (χ0v) is 16.2. The van der Waals surface area contributed by atoms with Gasteiger partial charge in [0.2, 0.25) is 0 Å². The molecule has 0 aromatic rings. The summed E-state index contributed by atoms with van der Waals surface area (Å²) >= 11 is 0. The van der Waals surface area contributed by atoms with Crippen molar-refractivity contribution < 1.29 is 4.74 Å². The third-order valence-corrected chi connectivity index (χ3v) is 6.43. The number of aliphatic imine (C=N–C) groups is 1. The predicted molar refractivity (Wildman–Crippen MR) is 100 cm³/mol. The predicted octanol–water partition coefficient (Wildman–Crippen LogP) is 3.67. The zero-order valence-electron chi connectivity index (χ0n) is 16.2. The number of guanidine groups is 1. The van der Waals surface area contributed by atoms with Gasteiger partial charge in [-0.3, -0.25) is 4.99 Å². The summed E-state index contributed by atoms with van der Waals surface area (Å²) in [6.45, 7) is 11.2. The zero-order chi connectivity index (χ0) is 17.2. The Morgan fingerprint density at radius 3 is 2.62 bits per heavy atom. The Labute approximate surface area is 148 Å². The standard InChI is InChI=1S/C20H37N3O/c1-19(2,3)17-16(8-7-13-24-17)14-22-18(21-4)23-12-11-20(15-23)9-5-6-10-20/h16-17H,5-15H2,1-4H3,(H,21,22). The Hall–Kier alpha value is -0.770. The normalized spacial score (nSPS) is 31.0. The summed E-state index contributed by atoms with van der Waals surface area (Å²) in [5, 5.41) is 3.69. The van der Waals surface area contributed by atoms with Gasteiger partial charge in [0, 0.05) is 39.2 Å². The van der Waals surface area contributed by atoms with Gasteiger partial charge in [0.1, 0.15) is 0 Å². The van der Waals surface area contributed by atoms with Gasteiger partial charge in [-0.1, -0.05) is 33.6 Å². The molecule has 1 aliphatic carbocycles. The third-order valence-electron chi connectivity index (χ3n) is 6.43. The number of likely N-dealkylation sites (tertiary alicyclic amines) is 1. The molecule has 2 aliphatic heterocycles. The van der Waals surface area contributed by atoms with Crippen LogP contribution in [0.3, 0.4) is 0 Å². The fourth-order valence-electron chi connectivity index (χ4n) is 5.21. The summed E-state index contributed by atoms with van der Waals surface area (Å²) in [5.74, 6) is 1.69. The third kappa shape index (κ3) is 3.89. The number of rotatable bonds is 2. The van der Waals surface area contributed by atoms with Crippen molar-refractivity contribution in [3.8, 4) is 0 Å². The molecule has 0 radical (unpaired) electrons. The number of hydrogen-bond acceptors (Lipinski definition) is 2. The Morgan fingerprint density at radius 2 is 1.96 bits per heavy atom. The van der Waals surface area contributed by atoms with Gasteiger partial charge in [-0.15, -0.1) is 0 Å². The summed E-state index contributed by atoms with van der Waals surface area (Å²) in [5.41, 5.74) is 0.803. The van der Waals surface area contributed by atoms with Gasteiger partial charge in [-0.2, -0.15) is 0 Å². The maximum Gasteiger partial charge on any atom is 0.193 e. The first-order chi connectivity index (χ1) is 11.4. The van der Waals surface area contributed by atoms with E-state index < -0.39 is 0 Å². The highest BCUT2D eigenvalue weighted by Gasteiger charge is 2.41. The molecule has 138 valence electrons. The average Bonchev–Trinajstić information content (AvgIpc) is 3.18. The fourth-order valence-corrected chi connectivity index (χ4v) is 5.21. The van der Waals surface area contributed by atoms with E-state index >= 15 is 0 Å². The van der Waals surface area contributed by atoms with Crippen molar-refractivity contribution in [2.24, 2.45) is 21.7 Å². The molecule has 1 spiro atoms. The second-order valence-electron chi connectivity index (χ2n) is 9.37. The average molecular weight is 336 g/mol. The molecule has 3 fully saturated rings. The summed E-state index contributed by atoms with van der Waals surface area (Å²) in [7, 11) is 1.93. The first-order valence-electron chi connectivity index (χ1n) is 10.0. The van der Waals surface area contributed by atoms with Gasteiger partial charge in [0.05, 0.1) is 6.10 Å². The van der Waals surface area contributed by atoms with E-state index in [4.69, 9.17) is 4.74 Å². The van der Waals surface area contributed by atoms with E-state index in [0.717, 1.165) is 19.1 Å². The molecule has 0 aromatic heterocycles. The van der Waals surface area contributed by atoms with Gasteiger partial charge < -0.3 is 15.0 Å². The van der Waals surface area contributed by atoms with Crippen molar-refractivity contribution in [1.82, 2.24) is 10.2 Å². The molecule has 1 saturated carbocycles. The number of nitrogens with one attached hydrogen (secondary N) is 1. The lowest BCUT2D eigenvalue weighted by molar-refractivity contribution is -0.0836. The quantitative estimate of drug-likeness (QED) is 0.618. The second-order valence-corrected chi connectivity index (χ2v) is 9.37. The van der Waals surface area contributed by atoms with Crippen molar-refractivity contribution in [3.63, 3.8) is 0 Å². The second kappa shape index (κ2) is 7.23. The highest BCUT2D eigenvalue weighted by Crippen LogP contribution is 2.45. The molecular weight excluding hydrogens is 298 g/mol. The van der Waals surface area contributed by atoms with Crippen molar-refractivity contribution in [2.75, 3.05) is 33.3 Å². The number of hydrogen-bond donors (Lipinski definition) is 1. The van der Waals surface area contributed by atoms with E-state index in [9.17, 15) is 0 Å². The van der Waals surface area contributed by atoms with Gasteiger partial charge >= 0.3 is 0 Å². The van der Waals surface area contributed by atoms with Crippen LogP contribution < -0.4 is 5.32 Å². The van der Waals surface area contributed by atoms with Crippen LogP contribution in [0.4, 0.5) is 0 Å². The van der Waals surface area contributed by atoms with E-state index in [1.807, 2.05) is 7.05 Å². The van der Waals surface area contributed by atoms with Crippen molar-refractivity contribution >= 4 is 5.96 Å². The maximum absolute atomic E-state index is 6.13. The van der Waals surface area contributed by atoms with Gasteiger partial charge in [0.25, 0.3) is 0 Å². The first-order valence-corrected chi connectivity index (χ1v) is 10.0. The summed E-state index contributed by atoms with van der Waals surface area (Å²) in [6.07, 6.45) is 9.83. The molecule has 0 amide bonds. The lowest BCUT2D eigenvalue weighted by Gasteiger charge is -2.40. The summed E-state index contributed by atoms with van der Waals surface area (Å²) in [6, 6.07) is 0. The van der Waals surface area contributed by atoms with Gasteiger partial charge in [0.15, 0.2) is 5.96 Å². The first kappa shape index (κ1) is 18.0. The SMILES string of the molecule is CN=C(NCC1CCCOC1C(C)(C)C)N1CCC2(CCCC2)C1. The van der Waals surface area contributed by atoms with Crippen LogP contribution in [0, 0.1) is 16.7 Å².